The van der Waals surface area contributed by atoms with Gasteiger partial charge in [0.15, 0.2) is 0 Å². The standard InChI is InChI=1S/C11H15ClO/c1-8(2)6-7-9-10(12)4-3-5-11(9)13/h3-5,8,13H,6-7H2,1-2H3. The number of hydrogen-bond acceptors (Lipinski definition) is 1. The van der Waals surface area contributed by atoms with Crippen LogP contribution in [0, 0.1) is 5.92 Å². The molecule has 1 aromatic carbocycles. The molecule has 1 N–H and O–H groups in total. The molecule has 0 spiro atoms. The smallest absolute Gasteiger partial charge is 0.120 e. The lowest BCUT2D eigenvalue weighted by Crippen LogP contribution is -1.93. The van der Waals surface area contributed by atoms with Crippen molar-refractivity contribution < 1.29 is 5.11 Å². The molecule has 1 aromatic rings. The Bertz CT molecular complexity index is 261. The summed E-state index contributed by atoms with van der Waals surface area (Å²) in [7, 11) is 0. The van der Waals surface area contributed by atoms with Crippen molar-refractivity contribution in [1.29, 1.82) is 0 Å². The van der Waals surface area contributed by atoms with E-state index in [0.717, 1.165) is 18.4 Å². The van der Waals surface area contributed by atoms with Gasteiger partial charge in [0.05, 0.1) is 0 Å². The maximum Gasteiger partial charge on any atom is 0.120 e. The van der Waals surface area contributed by atoms with Crippen molar-refractivity contribution in [1.82, 2.24) is 0 Å². The van der Waals surface area contributed by atoms with Gasteiger partial charge in [0, 0.05) is 10.6 Å². The maximum atomic E-state index is 9.52. The first-order valence-electron chi connectivity index (χ1n) is 4.57. The van der Waals surface area contributed by atoms with Crippen molar-refractivity contribution in [3.63, 3.8) is 0 Å². The molecule has 0 bridgehead atoms. The fraction of sp³-hybridized carbons (Fsp3) is 0.455. The molecule has 1 nitrogen and oxygen atoms in total. The van der Waals surface area contributed by atoms with E-state index in [0.29, 0.717) is 16.7 Å². The van der Waals surface area contributed by atoms with Crippen molar-refractivity contribution in [3.05, 3.63) is 28.8 Å². The van der Waals surface area contributed by atoms with Crippen LogP contribution in [0.15, 0.2) is 18.2 Å². The molecule has 0 aliphatic heterocycles. The Morgan fingerprint density at radius 2 is 2.08 bits per heavy atom. The summed E-state index contributed by atoms with van der Waals surface area (Å²) in [6.07, 6.45) is 1.90. The van der Waals surface area contributed by atoms with Gasteiger partial charge < -0.3 is 5.11 Å². The van der Waals surface area contributed by atoms with Crippen LogP contribution in [0.25, 0.3) is 0 Å². The lowest BCUT2D eigenvalue weighted by Gasteiger charge is -2.08. The van der Waals surface area contributed by atoms with Crippen molar-refractivity contribution in [3.8, 4) is 5.75 Å². The van der Waals surface area contributed by atoms with Gasteiger partial charge in [0.25, 0.3) is 0 Å². The van der Waals surface area contributed by atoms with Gasteiger partial charge in [-0.05, 0) is 30.9 Å². The highest BCUT2D eigenvalue weighted by Crippen LogP contribution is 2.27. The molecule has 0 aliphatic carbocycles. The van der Waals surface area contributed by atoms with Crippen molar-refractivity contribution >= 4 is 11.6 Å². The van der Waals surface area contributed by atoms with E-state index in [9.17, 15) is 5.11 Å². The van der Waals surface area contributed by atoms with Gasteiger partial charge in [-0.25, -0.2) is 0 Å². The van der Waals surface area contributed by atoms with E-state index in [4.69, 9.17) is 11.6 Å². The molecule has 0 heterocycles. The lowest BCUT2D eigenvalue weighted by molar-refractivity contribution is 0.463. The Balaban J connectivity index is 2.75. The fourth-order valence-electron chi connectivity index (χ4n) is 1.23. The second-order valence-corrected chi connectivity index (χ2v) is 4.08. The number of aromatic hydroxyl groups is 1. The molecular formula is C11H15ClO. The first kappa shape index (κ1) is 10.4. The van der Waals surface area contributed by atoms with E-state index in [1.165, 1.54) is 0 Å². The van der Waals surface area contributed by atoms with Gasteiger partial charge in [-0.1, -0.05) is 31.5 Å². The highest BCUT2D eigenvalue weighted by molar-refractivity contribution is 6.31. The Kier molecular flexibility index (Phi) is 3.61. The summed E-state index contributed by atoms with van der Waals surface area (Å²) in [4.78, 5) is 0. The molecule has 2 heteroatoms. The molecule has 0 saturated carbocycles. The molecule has 0 fully saturated rings. The lowest BCUT2D eigenvalue weighted by atomic mass is 10.0. The second kappa shape index (κ2) is 4.52. The van der Waals surface area contributed by atoms with Crippen LogP contribution in [0.1, 0.15) is 25.8 Å². The number of phenols is 1. The van der Waals surface area contributed by atoms with E-state index in [1.54, 1.807) is 12.1 Å². The predicted octanol–water partition coefficient (Wildman–Crippen LogP) is 3.63. The van der Waals surface area contributed by atoms with E-state index >= 15 is 0 Å². The van der Waals surface area contributed by atoms with Gasteiger partial charge >= 0.3 is 0 Å². The molecule has 1 rings (SSSR count). The number of rotatable bonds is 3. The van der Waals surface area contributed by atoms with Gasteiger partial charge in [0.2, 0.25) is 0 Å². The minimum atomic E-state index is 0.313. The highest BCUT2D eigenvalue weighted by Gasteiger charge is 2.06. The van der Waals surface area contributed by atoms with Crippen LogP contribution in [-0.2, 0) is 6.42 Å². The van der Waals surface area contributed by atoms with Gasteiger partial charge in [-0.2, -0.15) is 0 Å². The summed E-state index contributed by atoms with van der Waals surface area (Å²) in [6.45, 7) is 4.32. The second-order valence-electron chi connectivity index (χ2n) is 3.67. The van der Waals surface area contributed by atoms with Crippen LogP contribution >= 0.6 is 11.6 Å². The molecule has 0 atom stereocenters. The Labute approximate surface area is 84.4 Å². The highest BCUT2D eigenvalue weighted by atomic mass is 35.5. The average Bonchev–Trinajstić information content (AvgIpc) is 2.03. The van der Waals surface area contributed by atoms with Crippen LogP contribution < -0.4 is 0 Å². The van der Waals surface area contributed by atoms with Crippen LogP contribution in [-0.4, -0.2) is 5.11 Å². The summed E-state index contributed by atoms with van der Waals surface area (Å²) in [5, 5.41) is 10.2. The summed E-state index contributed by atoms with van der Waals surface area (Å²) in [5.41, 5.74) is 0.873. The average molecular weight is 199 g/mol. The SMILES string of the molecule is CC(C)CCc1c(O)cccc1Cl. The number of benzene rings is 1. The summed E-state index contributed by atoms with van der Waals surface area (Å²) < 4.78 is 0. The number of halogens is 1. The monoisotopic (exact) mass is 198 g/mol. The third kappa shape index (κ3) is 2.92. The summed E-state index contributed by atoms with van der Waals surface area (Å²) in [5.74, 6) is 0.948. The van der Waals surface area contributed by atoms with Crippen LogP contribution in [0.2, 0.25) is 5.02 Å². The van der Waals surface area contributed by atoms with Gasteiger partial charge in [0.1, 0.15) is 5.75 Å². The fourth-order valence-corrected chi connectivity index (χ4v) is 1.49. The van der Waals surface area contributed by atoms with Gasteiger partial charge in [-0.3, -0.25) is 0 Å². The van der Waals surface area contributed by atoms with Crippen LogP contribution in [0.4, 0.5) is 0 Å². The van der Waals surface area contributed by atoms with E-state index in [1.807, 2.05) is 6.07 Å². The maximum absolute atomic E-state index is 9.52. The third-order valence-corrected chi connectivity index (χ3v) is 2.42. The van der Waals surface area contributed by atoms with E-state index < -0.39 is 0 Å². The Morgan fingerprint density at radius 1 is 1.38 bits per heavy atom. The predicted molar refractivity (Wildman–Crippen MR) is 56.3 cm³/mol. The minimum Gasteiger partial charge on any atom is -0.508 e. The number of phenolic OH excluding ortho intramolecular Hbond substituents is 1. The zero-order valence-electron chi connectivity index (χ0n) is 8.05. The molecule has 0 aromatic heterocycles. The van der Waals surface area contributed by atoms with E-state index in [-0.39, 0.29) is 0 Å². The normalized spacial score (nSPS) is 10.8. The zero-order chi connectivity index (χ0) is 9.84. The van der Waals surface area contributed by atoms with Crippen molar-refractivity contribution in [2.24, 2.45) is 5.92 Å². The molecule has 72 valence electrons. The Hall–Kier alpha value is -0.690. The van der Waals surface area contributed by atoms with Crippen LogP contribution in [0.5, 0.6) is 5.75 Å². The quantitative estimate of drug-likeness (QED) is 0.787. The molecule has 0 unspecified atom stereocenters. The van der Waals surface area contributed by atoms with Gasteiger partial charge in [-0.15, -0.1) is 0 Å². The zero-order valence-corrected chi connectivity index (χ0v) is 8.80. The summed E-state index contributed by atoms with van der Waals surface area (Å²) >= 11 is 5.95. The van der Waals surface area contributed by atoms with Crippen molar-refractivity contribution in [2.45, 2.75) is 26.7 Å². The Morgan fingerprint density at radius 3 is 2.62 bits per heavy atom. The third-order valence-electron chi connectivity index (χ3n) is 2.07. The molecule has 0 saturated heterocycles. The first-order valence-corrected chi connectivity index (χ1v) is 4.95. The molecule has 0 amide bonds. The van der Waals surface area contributed by atoms with Crippen LogP contribution in [0.3, 0.4) is 0 Å². The molecule has 0 aliphatic rings. The van der Waals surface area contributed by atoms with Crippen molar-refractivity contribution in [2.75, 3.05) is 0 Å². The molecule has 13 heavy (non-hydrogen) atoms. The molecule has 0 radical (unpaired) electrons. The number of hydrogen-bond donors (Lipinski definition) is 1. The first-order chi connectivity index (χ1) is 6.11. The molecular weight excluding hydrogens is 184 g/mol. The topological polar surface area (TPSA) is 20.2 Å². The largest absolute Gasteiger partial charge is 0.508 e. The summed E-state index contributed by atoms with van der Waals surface area (Å²) in [6, 6.07) is 5.26. The minimum absolute atomic E-state index is 0.313. The van der Waals surface area contributed by atoms with E-state index in [2.05, 4.69) is 13.8 Å².